The quantitative estimate of drug-likeness (QED) is 0.786. The van der Waals surface area contributed by atoms with Gasteiger partial charge in [-0.05, 0) is 40.8 Å². The molecule has 1 aliphatic rings. The van der Waals surface area contributed by atoms with E-state index in [-0.39, 0.29) is 4.90 Å². The second-order valence-corrected chi connectivity index (χ2v) is 7.39. The van der Waals surface area contributed by atoms with Crippen molar-refractivity contribution in [2.75, 3.05) is 18.4 Å². The monoisotopic (exact) mass is 387 g/mol. The van der Waals surface area contributed by atoms with Crippen LogP contribution in [0.25, 0.3) is 0 Å². The molecule has 10 heteroatoms. The first-order chi connectivity index (χ1) is 9.67. The molecular formula is C11H13BrF3N3O2S. The van der Waals surface area contributed by atoms with Crippen molar-refractivity contribution >= 4 is 31.8 Å². The SMILES string of the molecule is O=S(=O)(NCC(F)(F)F)c1cnc(NCC2CC2)c(Br)c1. The fraction of sp³-hybridized carbons (Fsp3) is 0.545. The largest absolute Gasteiger partial charge is 0.402 e. The van der Waals surface area contributed by atoms with Gasteiger partial charge in [0, 0.05) is 12.7 Å². The normalized spacial score (nSPS) is 16.0. The van der Waals surface area contributed by atoms with Crippen LogP contribution in [0.4, 0.5) is 19.0 Å². The smallest absolute Gasteiger partial charge is 0.369 e. The summed E-state index contributed by atoms with van der Waals surface area (Å²) in [7, 11) is -4.24. The van der Waals surface area contributed by atoms with Crippen molar-refractivity contribution in [2.24, 2.45) is 5.92 Å². The zero-order valence-corrected chi connectivity index (χ0v) is 13.1. The lowest BCUT2D eigenvalue weighted by atomic mass is 10.4. The van der Waals surface area contributed by atoms with Gasteiger partial charge >= 0.3 is 6.18 Å². The van der Waals surface area contributed by atoms with Crippen LogP contribution in [-0.2, 0) is 10.0 Å². The van der Waals surface area contributed by atoms with Gasteiger partial charge in [0.05, 0.1) is 4.47 Å². The summed E-state index contributed by atoms with van der Waals surface area (Å²) < 4.78 is 61.5. The molecule has 2 rings (SSSR count). The molecule has 0 saturated heterocycles. The van der Waals surface area contributed by atoms with Crippen LogP contribution >= 0.6 is 15.9 Å². The van der Waals surface area contributed by atoms with Crippen LogP contribution in [-0.4, -0.2) is 32.7 Å². The number of halogens is 4. The number of hydrogen-bond donors (Lipinski definition) is 2. The third-order valence-corrected chi connectivity index (χ3v) is 4.82. The molecule has 1 aromatic rings. The van der Waals surface area contributed by atoms with Crippen LogP contribution in [0, 0.1) is 5.92 Å². The highest BCUT2D eigenvalue weighted by molar-refractivity contribution is 9.10. The highest BCUT2D eigenvalue weighted by Gasteiger charge is 2.30. The Labute approximate surface area is 128 Å². The van der Waals surface area contributed by atoms with Crippen molar-refractivity contribution < 1.29 is 21.6 Å². The minimum atomic E-state index is -4.61. The third kappa shape index (κ3) is 5.11. The standard InChI is InChI=1S/C11H13BrF3N3O2S/c12-9-3-8(21(19,20)18-6-11(13,14)15)5-17-10(9)16-4-7-1-2-7/h3,5,7,18H,1-2,4,6H2,(H,16,17). The van der Waals surface area contributed by atoms with Gasteiger partial charge in [0.15, 0.2) is 0 Å². The molecule has 0 radical (unpaired) electrons. The number of rotatable bonds is 6. The highest BCUT2D eigenvalue weighted by atomic mass is 79.9. The van der Waals surface area contributed by atoms with Gasteiger partial charge < -0.3 is 5.32 Å². The zero-order valence-electron chi connectivity index (χ0n) is 10.7. The first-order valence-electron chi connectivity index (χ1n) is 6.13. The van der Waals surface area contributed by atoms with Crippen LogP contribution in [0.15, 0.2) is 21.6 Å². The topological polar surface area (TPSA) is 71.1 Å². The maximum Gasteiger partial charge on any atom is 0.402 e. The van der Waals surface area contributed by atoms with Crippen LogP contribution in [0.5, 0.6) is 0 Å². The average Bonchev–Trinajstić information content (AvgIpc) is 3.18. The molecule has 0 aliphatic heterocycles. The molecule has 0 bridgehead atoms. The Balaban J connectivity index is 2.06. The fourth-order valence-corrected chi connectivity index (χ4v) is 3.15. The molecule has 118 valence electrons. The average molecular weight is 388 g/mol. The van der Waals surface area contributed by atoms with Gasteiger partial charge in [-0.15, -0.1) is 0 Å². The van der Waals surface area contributed by atoms with E-state index in [0.29, 0.717) is 16.2 Å². The van der Waals surface area contributed by atoms with Crippen molar-refractivity contribution in [1.82, 2.24) is 9.71 Å². The number of aromatic nitrogens is 1. The molecule has 0 spiro atoms. The maximum absolute atomic E-state index is 12.1. The van der Waals surface area contributed by atoms with Gasteiger partial charge in [0.2, 0.25) is 10.0 Å². The van der Waals surface area contributed by atoms with E-state index in [9.17, 15) is 21.6 Å². The minimum Gasteiger partial charge on any atom is -0.369 e. The maximum atomic E-state index is 12.1. The van der Waals surface area contributed by atoms with Gasteiger partial charge in [-0.2, -0.15) is 13.2 Å². The molecule has 1 aromatic heterocycles. The summed E-state index contributed by atoms with van der Waals surface area (Å²) >= 11 is 3.16. The summed E-state index contributed by atoms with van der Waals surface area (Å²) in [6.45, 7) is -0.876. The molecule has 1 fully saturated rings. The Bertz CT molecular complexity index is 618. The lowest BCUT2D eigenvalue weighted by Gasteiger charge is -2.11. The summed E-state index contributed by atoms with van der Waals surface area (Å²) in [5.74, 6) is 1.08. The number of sulfonamides is 1. The van der Waals surface area contributed by atoms with Crippen molar-refractivity contribution in [3.63, 3.8) is 0 Å². The van der Waals surface area contributed by atoms with Gasteiger partial charge in [-0.3, -0.25) is 0 Å². The highest BCUT2D eigenvalue weighted by Crippen LogP contribution is 2.30. The third-order valence-electron chi connectivity index (χ3n) is 2.84. The summed E-state index contributed by atoms with van der Waals surface area (Å²) in [6.07, 6.45) is -1.28. The Morgan fingerprint density at radius 2 is 2.05 bits per heavy atom. The molecular weight excluding hydrogens is 375 g/mol. The van der Waals surface area contributed by atoms with Crippen molar-refractivity contribution in [3.8, 4) is 0 Å². The van der Waals surface area contributed by atoms with E-state index in [0.717, 1.165) is 25.6 Å². The number of pyridine rings is 1. The van der Waals surface area contributed by atoms with E-state index in [2.05, 4.69) is 26.2 Å². The molecule has 0 unspecified atom stereocenters. The van der Waals surface area contributed by atoms with E-state index < -0.39 is 22.7 Å². The van der Waals surface area contributed by atoms with Crippen LogP contribution < -0.4 is 10.0 Å². The Morgan fingerprint density at radius 3 is 2.57 bits per heavy atom. The molecule has 0 aromatic carbocycles. The van der Waals surface area contributed by atoms with E-state index in [1.807, 2.05) is 0 Å². The Hall–Kier alpha value is -0.870. The molecule has 0 amide bonds. The number of anilines is 1. The van der Waals surface area contributed by atoms with Crippen LogP contribution in [0.2, 0.25) is 0 Å². The first-order valence-corrected chi connectivity index (χ1v) is 8.41. The molecule has 1 heterocycles. The molecule has 0 atom stereocenters. The summed E-state index contributed by atoms with van der Waals surface area (Å²) in [5, 5.41) is 3.06. The van der Waals surface area contributed by atoms with E-state index in [1.165, 1.54) is 10.8 Å². The van der Waals surface area contributed by atoms with Crippen molar-refractivity contribution in [1.29, 1.82) is 0 Å². The number of nitrogens with zero attached hydrogens (tertiary/aromatic N) is 1. The number of alkyl halides is 3. The Morgan fingerprint density at radius 1 is 1.38 bits per heavy atom. The second-order valence-electron chi connectivity index (χ2n) is 4.77. The van der Waals surface area contributed by atoms with Crippen molar-refractivity contribution in [3.05, 3.63) is 16.7 Å². The number of hydrogen-bond acceptors (Lipinski definition) is 4. The predicted molar refractivity (Wildman–Crippen MR) is 74.4 cm³/mol. The molecule has 1 aliphatic carbocycles. The van der Waals surface area contributed by atoms with Gasteiger partial charge in [0.1, 0.15) is 17.3 Å². The molecule has 21 heavy (non-hydrogen) atoms. The number of nitrogens with one attached hydrogen (secondary N) is 2. The fourth-order valence-electron chi connectivity index (χ4n) is 1.52. The summed E-state index contributed by atoms with van der Waals surface area (Å²) in [4.78, 5) is 3.61. The summed E-state index contributed by atoms with van der Waals surface area (Å²) in [5.41, 5.74) is 0. The van der Waals surface area contributed by atoms with Crippen molar-refractivity contribution in [2.45, 2.75) is 23.9 Å². The lowest BCUT2D eigenvalue weighted by Crippen LogP contribution is -2.33. The molecule has 1 saturated carbocycles. The summed E-state index contributed by atoms with van der Waals surface area (Å²) in [6, 6.07) is 1.22. The Kier molecular flexibility index (Phi) is 4.79. The first kappa shape index (κ1) is 16.5. The molecule has 5 nitrogen and oxygen atoms in total. The van der Waals surface area contributed by atoms with Gasteiger partial charge in [0.25, 0.3) is 0 Å². The lowest BCUT2D eigenvalue weighted by molar-refractivity contribution is -0.121. The van der Waals surface area contributed by atoms with Crippen LogP contribution in [0.1, 0.15) is 12.8 Å². The predicted octanol–water partition coefficient (Wildman–Crippen LogP) is 2.51. The van der Waals surface area contributed by atoms with E-state index in [1.54, 1.807) is 0 Å². The minimum absolute atomic E-state index is 0.324. The van der Waals surface area contributed by atoms with Gasteiger partial charge in [-0.25, -0.2) is 18.1 Å². The second kappa shape index (κ2) is 6.09. The van der Waals surface area contributed by atoms with E-state index in [4.69, 9.17) is 0 Å². The molecule has 2 N–H and O–H groups in total. The van der Waals surface area contributed by atoms with Crippen LogP contribution in [0.3, 0.4) is 0 Å². The van der Waals surface area contributed by atoms with Gasteiger partial charge in [-0.1, -0.05) is 0 Å². The van der Waals surface area contributed by atoms with E-state index >= 15 is 0 Å². The zero-order chi connectivity index (χ0) is 15.7.